The second-order valence-corrected chi connectivity index (χ2v) is 8.39. The van der Waals surface area contributed by atoms with Crippen molar-refractivity contribution in [1.82, 2.24) is 16.0 Å². The molecule has 0 radical (unpaired) electrons. The van der Waals surface area contributed by atoms with Gasteiger partial charge in [0.15, 0.2) is 0 Å². The third kappa shape index (κ3) is 11.0. The minimum atomic E-state index is -1.17. The molecule has 0 fully saturated rings. The predicted molar refractivity (Wildman–Crippen MR) is 118 cm³/mol. The number of carboxylic acids is 1. The van der Waals surface area contributed by atoms with E-state index in [0.717, 1.165) is 0 Å². The number of nitrogens with two attached hydrogens (primary N) is 2. The van der Waals surface area contributed by atoms with Crippen LogP contribution in [0.2, 0.25) is 0 Å². The van der Waals surface area contributed by atoms with Crippen molar-refractivity contribution >= 4 is 41.4 Å². The topological polar surface area (TPSA) is 194 Å². The average molecular weight is 462 g/mol. The molecule has 0 saturated carbocycles. The third-order valence-electron chi connectivity index (χ3n) is 4.74. The average Bonchev–Trinajstić information content (AvgIpc) is 2.70. The van der Waals surface area contributed by atoms with Crippen molar-refractivity contribution in [2.75, 3.05) is 12.0 Å². The van der Waals surface area contributed by atoms with E-state index < -0.39 is 53.8 Å². The normalized spacial score (nSPS) is 15.6. The van der Waals surface area contributed by atoms with E-state index in [1.807, 2.05) is 13.2 Å². The largest absolute Gasteiger partial charge is 0.480 e. The van der Waals surface area contributed by atoms with Crippen LogP contribution in [0, 0.1) is 5.92 Å². The Hall–Kier alpha value is -2.34. The number of thioether (sulfide) groups is 1. The smallest absolute Gasteiger partial charge is 0.326 e. The summed E-state index contributed by atoms with van der Waals surface area (Å²) in [7, 11) is 0. The minimum Gasteiger partial charge on any atom is -0.480 e. The zero-order valence-electron chi connectivity index (χ0n) is 18.5. The number of rotatable bonds is 15. The van der Waals surface area contributed by atoms with Crippen LogP contribution in [0.15, 0.2) is 0 Å². The van der Waals surface area contributed by atoms with Gasteiger partial charge in [-0.3, -0.25) is 19.2 Å². The summed E-state index contributed by atoms with van der Waals surface area (Å²) in [5.41, 5.74) is 10.7. The van der Waals surface area contributed by atoms with Crippen LogP contribution in [0.4, 0.5) is 0 Å². The van der Waals surface area contributed by atoms with Gasteiger partial charge in [-0.15, -0.1) is 0 Å². The van der Waals surface area contributed by atoms with Crippen LogP contribution in [-0.2, 0) is 24.0 Å². The van der Waals surface area contributed by atoms with Crippen molar-refractivity contribution in [1.29, 1.82) is 0 Å². The molecule has 11 nitrogen and oxygen atoms in total. The van der Waals surface area contributed by atoms with E-state index in [0.29, 0.717) is 12.2 Å². The summed E-state index contributed by atoms with van der Waals surface area (Å²) in [5.74, 6) is -3.52. The molecule has 31 heavy (non-hydrogen) atoms. The Morgan fingerprint density at radius 2 is 1.52 bits per heavy atom. The summed E-state index contributed by atoms with van der Waals surface area (Å²) in [6.07, 6.45) is 2.35. The highest BCUT2D eigenvalue weighted by Gasteiger charge is 2.32. The van der Waals surface area contributed by atoms with Gasteiger partial charge in [0, 0.05) is 6.42 Å². The number of primary amides is 1. The van der Waals surface area contributed by atoms with E-state index in [4.69, 9.17) is 11.5 Å². The van der Waals surface area contributed by atoms with E-state index in [1.54, 1.807) is 6.92 Å². The van der Waals surface area contributed by atoms with Crippen molar-refractivity contribution < 1.29 is 29.1 Å². The Balaban J connectivity index is 5.47. The van der Waals surface area contributed by atoms with Gasteiger partial charge in [-0.1, -0.05) is 20.3 Å². The Bertz CT molecular complexity index is 645. The second kappa shape index (κ2) is 14.6. The maximum absolute atomic E-state index is 12.8. The lowest BCUT2D eigenvalue weighted by molar-refractivity contribution is -0.142. The summed E-state index contributed by atoms with van der Waals surface area (Å²) in [6.45, 7) is 5.00. The van der Waals surface area contributed by atoms with Crippen LogP contribution in [0.3, 0.4) is 0 Å². The number of nitrogens with one attached hydrogen (secondary N) is 3. The van der Waals surface area contributed by atoms with Gasteiger partial charge >= 0.3 is 5.97 Å². The van der Waals surface area contributed by atoms with Crippen LogP contribution in [-0.4, -0.2) is 70.9 Å². The summed E-state index contributed by atoms with van der Waals surface area (Å²) < 4.78 is 0. The van der Waals surface area contributed by atoms with Crippen LogP contribution in [0.25, 0.3) is 0 Å². The first kappa shape index (κ1) is 28.7. The minimum absolute atomic E-state index is 0.0695. The highest BCUT2D eigenvalue weighted by molar-refractivity contribution is 7.98. The molecule has 5 unspecified atom stereocenters. The lowest BCUT2D eigenvalue weighted by Gasteiger charge is -2.28. The quantitative estimate of drug-likeness (QED) is 0.177. The van der Waals surface area contributed by atoms with Crippen LogP contribution in [0.1, 0.15) is 46.5 Å². The Labute approximate surface area is 186 Å². The first-order valence-corrected chi connectivity index (χ1v) is 11.5. The lowest BCUT2D eigenvalue weighted by Crippen LogP contribution is -2.58. The van der Waals surface area contributed by atoms with Crippen molar-refractivity contribution in [2.24, 2.45) is 17.4 Å². The van der Waals surface area contributed by atoms with Crippen LogP contribution in [0.5, 0.6) is 0 Å². The number of amides is 4. The number of aliphatic carboxylic acids is 1. The molecule has 0 aromatic rings. The number of hydrogen-bond donors (Lipinski definition) is 6. The molecule has 178 valence electrons. The van der Waals surface area contributed by atoms with Gasteiger partial charge < -0.3 is 32.5 Å². The SMILES string of the molecule is CCC(C)C(NC(=O)C(CCC(N)=O)NC(=O)C(C)N)C(=O)NC(CCSC)C(=O)O. The number of hydrogen-bond acceptors (Lipinski definition) is 7. The molecule has 0 aliphatic carbocycles. The van der Waals surface area contributed by atoms with E-state index in [9.17, 15) is 29.1 Å². The van der Waals surface area contributed by atoms with Gasteiger partial charge in [-0.25, -0.2) is 4.79 Å². The van der Waals surface area contributed by atoms with E-state index in [2.05, 4.69) is 16.0 Å². The Morgan fingerprint density at radius 3 is 1.97 bits per heavy atom. The van der Waals surface area contributed by atoms with Crippen molar-refractivity contribution in [2.45, 2.75) is 70.6 Å². The fraction of sp³-hybridized carbons (Fsp3) is 0.737. The first-order chi connectivity index (χ1) is 14.4. The summed E-state index contributed by atoms with van der Waals surface area (Å²) >= 11 is 1.45. The fourth-order valence-electron chi connectivity index (χ4n) is 2.57. The second-order valence-electron chi connectivity index (χ2n) is 7.41. The number of carbonyl (C=O) groups is 5. The van der Waals surface area contributed by atoms with Crippen molar-refractivity contribution in [3.05, 3.63) is 0 Å². The molecule has 8 N–H and O–H groups in total. The highest BCUT2D eigenvalue weighted by atomic mass is 32.2. The molecular weight excluding hydrogens is 426 g/mol. The van der Waals surface area contributed by atoms with Crippen molar-refractivity contribution in [3.63, 3.8) is 0 Å². The molecule has 0 aliphatic heterocycles. The van der Waals surface area contributed by atoms with E-state index >= 15 is 0 Å². The zero-order chi connectivity index (χ0) is 24.1. The molecule has 0 spiro atoms. The molecule has 5 atom stereocenters. The standard InChI is InChI=1S/C19H35N5O6S/c1-5-10(2)15(18(28)23-13(19(29)30)8-9-31-4)24-17(27)12(6-7-14(21)25)22-16(26)11(3)20/h10-13,15H,5-9,20H2,1-4H3,(H2,21,25)(H,22,26)(H,23,28)(H,24,27)(H,29,30). The summed E-state index contributed by atoms with van der Waals surface area (Å²) in [6, 6.07) is -4.13. The Kier molecular flexibility index (Phi) is 13.5. The highest BCUT2D eigenvalue weighted by Crippen LogP contribution is 2.11. The van der Waals surface area contributed by atoms with E-state index in [-0.39, 0.29) is 25.2 Å². The molecule has 4 amide bonds. The summed E-state index contributed by atoms with van der Waals surface area (Å²) in [4.78, 5) is 60.2. The van der Waals surface area contributed by atoms with Crippen LogP contribution < -0.4 is 27.4 Å². The van der Waals surface area contributed by atoms with Crippen molar-refractivity contribution in [3.8, 4) is 0 Å². The molecule has 0 rings (SSSR count). The Morgan fingerprint density at radius 1 is 0.935 bits per heavy atom. The van der Waals surface area contributed by atoms with Gasteiger partial charge in [0.2, 0.25) is 23.6 Å². The molecule has 0 bridgehead atoms. The third-order valence-corrected chi connectivity index (χ3v) is 5.39. The van der Waals surface area contributed by atoms with Gasteiger partial charge in [-0.2, -0.15) is 11.8 Å². The van der Waals surface area contributed by atoms with Gasteiger partial charge in [0.05, 0.1) is 6.04 Å². The monoisotopic (exact) mass is 461 g/mol. The molecule has 12 heteroatoms. The molecule has 0 aromatic heterocycles. The van der Waals surface area contributed by atoms with Gasteiger partial charge in [-0.05, 0) is 37.7 Å². The van der Waals surface area contributed by atoms with Crippen LogP contribution >= 0.6 is 11.8 Å². The molecule has 0 saturated heterocycles. The lowest BCUT2D eigenvalue weighted by atomic mass is 9.97. The summed E-state index contributed by atoms with van der Waals surface area (Å²) in [5, 5.41) is 16.9. The molecule has 0 heterocycles. The maximum Gasteiger partial charge on any atom is 0.326 e. The molecular formula is C19H35N5O6S. The molecule has 0 aromatic carbocycles. The number of carboxylic acid groups (broad SMARTS) is 1. The fourth-order valence-corrected chi connectivity index (χ4v) is 3.04. The van der Waals surface area contributed by atoms with Gasteiger partial charge in [0.25, 0.3) is 0 Å². The first-order valence-electron chi connectivity index (χ1n) is 10.1. The zero-order valence-corrected chi connectivity index (χ0v) is 19.3. The van der Waals surface area contributed by atoms with E-state index in [1.165, 1.54) is 18.7 Å². The molecule has 0 aliphatic rings. The predicted octanol–water partition coefficient (Wildman–Crippen LogP) is -1.06. The maximum atomic E-state index is 12.8. The van der Waals surface area contributed by atoms with Gasteiger partial charge in [0.1, 0.15) is 18.1 Å². The number of carbonyl (C=O) groups excluding carboxylic acids is 4.